The number of rotatable bonds is 7. The molecule has 3 rings (SSSR count). The minimum absolute atomic E-state index is 0.0352. The number of ketones is 1. The molecule has 7 nitrogen and oxygen atoms in total. The van der Waals surface area contributed by atoms with Crippen LogP contribution < -0.4 is 5.32 Å². The number of carbonyl (C=O) groups is 4. The quantitative estimate of drug-likeness (QED) is 0.630. The van der Waals surface area contributed by atoms with Gasteiger partial charge in [0.05, 0.1) is 6.04 Å². The fraction of sp³-hybridized carbons (Fsp3) is 0.818. The van der Waals surface area contributed by atoms with Gasteiger partial charge in [-0.3, -0.25) is 14.4 Å². The van der Waals surface area contributed by atoms with Crippen LogP contribution in [-0.4, -0.2) is 52.2 Å². The average molecular weight is 407 g/mol. The molecule has 0 radical (unpaired) electrons. The van der Waals surface area contributed by atoms with Crippen LogP contribution in [0.1, 0.15) is 60.8 Å². The van der Waals surface area contributed by atoms with Crippen molar-refractivity contribution in [3.63, 3.8) is 0 Å². The Morgan fingerprint density at radius 1 is 1.17 bits per heavy atom. The highest BCUT2D eigenvalue weighted by molar-refractivity contribution is 6.35. The first-order chi connectivity index (χ1) is 13.3. The molecular weight excluding hydrogens is 372 g/mol. The lowest BCUT2D eigenvalue weighted by Gasteiger charge is -2.36. The van der Waals surface area contributed by atoms with Crippen molar-refractivity contribution in [2.45, 2.75) is 72.9 Å². The number of likely N-dealkylation sites (tertiary alicyclic amines) is 1. The number of aliphatic carboxylic acids is 1. The lowest BCUT2D eigenvalue weighted by Crippen LogP contribution is -2.55. The molecule has 2 aliphatic carbocycles. The van der Waals surface area contributed by atoms with Crippen LogP contribution in [0.15, 0.2) is 0 Å². The van der Waals surface area contributed by atoms with Crippen molar-refractivity contribution in [1.29, 1.82) is 0 Å². The molecule has 2 N–H and O–H groups in total. The molecule has 0 aromatic rings. The molecule has 1 aliphatic heterocycles. The molecule has 0 bridgehead atoms. The third-order valence-electron chi connectivity index (χ3n) is 7.54. The Kier molecular flexibility index (Phi) is 5.33. The fourth-order valence-electron chi connectivity index (χ4n) is 4.76. The Balaban J connectivity index is 1.79. The van der Waals surface area contributed by atoms with Crippen LogP contribution in [0.5, 0.6) is 0 Å². The Bertz CT molecular complexity index is 734. The van der Waals surface area contributed by atoms with Crippen molar-refractivity contribution in [2.75, 3.05) is 6.54 Å². The summed E-state index contributed by atoms with van der Waals surface area (Å²) in [6.07, 6.45) is 2.26. The van der Waals surface area contributed by atoms with Crippen molar-refractivity contribution >= 4 is 23.6 Å². The number of fused-ring (bicyclic) bond motifs is 1. The van der Waals surface area contributed by atoms with Crippen LogP contribution in [-0.2, 0) is 19.2 Å². The van der Waals surface area contributed by atoms with E-state index in [-0.39, 0.29) is 40.4 Å². The second-order valence-electron chi connectivity index (χ2n) is 10.9. The summed E-state index contributed by atoms with van der Waals surface area (Å²) in [4.78, 5) is 51.5. The van der Waals surface area contributed by atoms with Gasteiger partial charge in [0.2, 0.25) is 11.8 Å². The number of hydrogen-bond donors (Lipinski definition) is 2. The van der Waals surface area contributed by atoms with E-state index in [2.05, 4.69) is 19.2 Å². The number of piperidine rings is 1. The van der Waals surface area contributed by atoms with Crippen LogP contribution in [0.3, 0.4) is 0 Å². The minimum Gasteiger partial charge on any atom is -0.475 e. The summed E-state index contributed by atoms with van der Waals surface area (Å²) in [5.74, 6) is -2.61. The molecule has 3 fully saturated rings. The van der Waals surface area contributed by atoms with Gasteiger partial charge >= 0.3 is 5.97 Å². The van der Waals surface area contributed by atoms with Gasteiger partial charge in [-0.25, -0.2) is 4.79 Å². The molecule has 5 atom stereocenters. The number of carboxylic acids is 1. The van der Waals surface area contributed by atoms with E-state index < -0.39 is 29.7 Å². The molecule has 3 aliphatic rings. The van der Waals surface area contributed by atoms with Gasteiger partial charge < -0.3 is 15.3 Å². The Morgan fingerprint density at radius 2 is 1.76 bits per heavy atom. The van der Waals surface area contributed by atoms with Crippen LogP contribution in [0.4, 0.5) is 0 Å². The molecule has 2 amide bonds. The van der Waals surface area contributed by atoms with Crippen molar-refractivity contribution in [3.05, 3.63) is 0 Å². The third kappa shape index (κ3) is 4.05. The first-order valence-corrected chi connectivity index (χ1v) is 10.6. The highest BCUT2D eigenvalue weighted by Gasteiger charge is 2.69. The largest absolute Gasteiger partial charge is 0.475 e. The summed E-state index contributed by atoms with van der Waals surface area (Å²) < 4.78 is 0. The highest BCUT2D eigenvalue weighted by Crippen LogP contribution is 2.65. The maximum atomic E-state index is 13.2. The minimum atomic E-state index is -1.53. The molecule has 0 spiro atoms. The van der Waals surface area contributed by atoms with E-state index in [1.54, 1.807) is 4.90 Å². The van der Waals surface area contributed by atoms with Gasteiger partial charge in [0, 0.05) is 12.5 Å². The lowest BCUT2D eigenvalue weighted by atomic mass is 9.81. The summed E-state index contributed by atoms with van der Waals surface area (Å²) >= 11 is 0. The summed E-state index contributed by atoms with van der Waals surface area (Å²) in [6.45, 7) is 12.6. The Hall–Kier alpha value is -1.92. The van der Waals surface area contributed by atoms with Gasteiger partial charge in [-0.2, -0.15) is 0 Å². The zero-order chi connectivity index (χ0) is 21.9. The predicted molar refractivity (Wildman–Crippen MR) is 107 cm³/mol. The Labute approximate surface area is 172 Å². The zero-order valence-electron chi connectivity index (χ0n) is 18.3. The molecule has 7 heteroatoms. The molecule has 0 aromatic heterocycles. The summed E-state index contributed by atoms with van der Waals surface area (Å²) in [6, 6.07) is -1.67. The molecule has 1 saturated heterocycles. The smallest absolute Gasteiger partial charge is 0.374 e. The molecule has 1 heterocycles. The number of nitrogens with one attached hydrogen (secondary N) is 1. The predicted octanol–water partition coefficient (Wildman–Crippen LogP) is 2.09. The first kappa shape index (κ1) is 21.8. The van der Waals surface area contributed by atoms with Gasteiger partial charge in [0.15, 0.2) is 0 Å². The second-order valence-corrected chi connectivity index (χ2v) is 10.9. The second kappa shape index (κ2) is 7.10. The third-order valence-corrected chi connectivity index (χ3v) is 7.54. The summed E-state index contributed by atoms with van der Waals surface area (Å²) in [5, 5.41) is 11.9. The van der Waals surface area contributed by atoms with Crippen LogP contribution in [0, 0.1) is 34.5 Å². The van der Waals surface area contributed by atoms with Gasteiger partial charge in [-0.1, -0.05) is 54.4 Å². The summed E-state index contributed by atoms with van der Waals surface area (Å²) in [7, 11) is 0. The topological polar surface area (TPSA) is 104 Å². The number of Topliss-reactive ketones (excluding diaryl/α,β-unsaturated/α-hetero) is 1. The summed E-state index contributed by atoms with van der Waals surface area (Å²) in [5.41, 5.74) is -0.263. The Morgan fingerprint density at radius 3 is 2.24 bits per heavy atom. The van der Waals surface area contributed by atoms with Crippen molar-refractivity contribution in [1.82, 2.24) is 10.2 Å². The number of carbonyl (C=O) groups excluding carboxylic acids is 3. The normalized spacial score (nSPS) is 29.6. The molecular formula is C22H34N2O5. The molecule has 0 aromatic carbocycles. The van der Waals surface area contributed by atoms with Gasteiger partial charge in [-0.15, -0.1) is 0 Å². The van der Waals surface area contributed by atoms with Crippen LogP contribution >= 0.6 is 0 Å². The van der Waals surface area contributed by atoms with Gasteiger partial charge in [-0.05, 0) is 35.0 Å². The average Bonchev–Trinajstić information content (AvgIpc) is 3.45. The van der Waals surface area contributed by atoms with E-state index in [0.29, 0.717) is 13.0 Å². The number of nitrogens with zero attached hydrogens (tertiary/aromatic N) is 1. The molecule has 162 valence electrons. The van der Waals surface area contributed by atoms with E-state index in [1.165, 1.54) is 0 Å². The maximum absolute atomic E-state index is 13.2. The number of carboxylic acid groups (broad SMARTS) is 1. The van der Waals surface area contributed by atoms with E-state index in [9.17, 15) is 19.2 Å². The number of hydrogen-bond acceptors (Lipinski definition) is 4. The first-order valence-electron chi connectivity index (χ1n) is 10.6. The van der Waals surface area contributed by atoms with E-state index in [4.69, 9.17) is 5.11 Å². The van der Waals surface area contributed by atoms with Gasteiger partial charge in [0.1, 0.15) is 6.04 Å². The van der Waals surface area contributed by atoms with E-state index >= 15 is 0 Å². The SMILES string of the molecule is CC(C(=O)N1C[C@H]2C([C@H]1C(=O)NC(CC1CC1)C(=O)C(=O)O)C2(C)C)C(C)(C)C. The molecule has 29 heavy (non-hydrogen) atoms. The molecule has 3 unspecified atom stereocenters. The lowest BCUT2D eigenvalue weighted by molar-refractivity contribution is -0.151. The van der Waals surface area contributed by atoms with Gasteiger partial charge in [0.25, 0.3) is 5.78 Å². The fourth-order valence-corrected chi connectivity index (χ4v) is 4.76. The van der Waals surface area contributed by atoms with Crippen molar-refractivity contribution in [3.8, 4) is 0 Å². The van der Waals surface area contributed by atoms with Crippen LogP contribution in [0.2, 0.25) is 0 Å². The number of amides is 2. The van der Waals surface area contributed by atoms with E-state index in [0.717, 1.165) is 12.8 Å². The van der Waals surface area contributed by atoms with Crippen molar-refractivity contribution in [2.24, 2.45) is 34.5 Å². The van der Waals surface area contributed by atoms with E-state index in [1.807, 2.05) is 27.7 Å². The van der Waals surface area contributed by atoms with Crippen molar-refractivity contribution < 1.29 is 24.3 Å². The maximum Gasteiger partial charge on any atom is 0.374 e. The zero-order valence-corrected chi connectivity index (χ0v) is 18.3. The molecule has 2 saturated carbocycles. The van der Waals surface area contributed by atoms with Crippen LogP contribution in [0.25, 0.3) is 0 Å². The standard InChI is InChI=1S/C22H34N2O5/c1-11(21(2,3)4)19(27)24-10-13-15(22(13,5)6)16(24)18(26)23-14(9-12-7-8-12)17(25)20(28)29/h11-16H,7-10H2,1-6H3,(H,23,26)(H,28,29)/t11?,13-,14?,15?,16-/m0/s1. The highest BCUT2D eigenvalue weighted by atomic mass is 16.4. The monoisotopic (exact) mass is 406 g/mol.